The summed E-state index contributed by atoms with van der Waals surface area (Å²) in [7, 11) is 0. The molecule has 0 aliphatic heterocycles. The van der Waals surface area contributed by atoms with Crippen molar-refractivity contribution in [2.75, 3.05) is 0 Å². The Morgan fingerprint density at radius 1 is 1.14 bits per heavy atom. The van der Waals surface area contributed by atoms with Crippen molar-refractivity contribution in [3.05, 3.63) is 64.2 Å². The smallest absolute Gasteiger partial charge is 0.0845 e. The number of aliphatic hydroxyl groups excluding tert-OH is 1. The SMILES string of the molecule is OC(Cc1ccc2c(c1)CCC2)c1cnc2ccsc2c1. The highest BCUT2D eigenvalue weighted by Crippen LogP contribution is 2.27. The Labute approximate surface area is 128 Å². The van der Waals surface area contributed by atoms with Crippen molar-refractivity contribution in [1.29, 1.82) is 0 Å². The van der Waals surface area contributed by atoms with Crippen LogP contribution in [-0.4, -0.2) is 10.1 Å². The second-order valence-electron chi connectivity index (χ2n) is 5.75. The molecule has 0 amide bonds. The van der Waals surface area contributed by atoms with Crippen LogP contribution in [0.1, 0.15) is 34.8 Å². The highest BCUT2D eigenvalue weighted by molar-refractivity contribution is 7.17. The van der Waals surface area contributed by atoms with E-state index in [1.54, 1.807) is 17.5 Å². The second kappa shape index (κ2) is 5.24. The molecule has 0 saturated carbocycles. The summed E-state index contributed by atoms with van der Waals surface area (Å²) in [5, 5.41) is 12.5. The molecule has 1 aliphatic rings. The molecule has 0 bridgehead atoms. The van der Waals surface area contributed by atoms with E-state index in [0.717, 1.165) is 15.8 Å². The molecule has 2 aromatic heterocycles. The fourth-order valence-corrected chi connectivity index (χ4v) is 3.93. The third-order valence-corrected chi connectivity index (χ3v) is 5.15. The van der Waals surface area contributed by atoms with Gasteiger partial charge in [0.2, 0.25) is 0 Å². The molecule has 1 aliphatic carbocycles. The predicted molar refractivity (Wildman–Crippen MR) is 86.8 cm³/mol. The minimum atomic E-state index is -0.483. The van der Waals surface area contributed by atoms with Crippen LogP contribution in [0.15, 0.2) is 41.9 Å². The molecule has 1 atom stereocenters. The van der Waals surface area contributed by atoms with Crippen LogP contribution in [0.3, 0.4) is 0 Å². The molecule has 3 heteroatoms. The van der Waals surface area contributed by atoms with E-state index in [0.29, 0.717) is 6.42 Å². The van der Waals surface area contributed by atoms with E-state index in [1.807, 2.05) is 11.4 Å². The summed E-state index contributed by atoms with van der Waals surface area (Å²) >= 11 is 1.67. The summed E-state index contributed by atoms with van der Waals surface area (Å²) in [5.74, 6) is 0. The lowest BCUT2D eigenvalue weighted by Crippen LogP contribution is -2.03. The third-order valence-electron chi connectivity index (χ3n) is 4.30. The van der Waals surface area contributed by atoms with Crippen molar-refractivity contribution < 1.29 is 5.11 Å². The Kier molecular flexibility index (Phi) is 3.24. The lowest BCUT2D eigenvalue weighted by atomic mass is 9.99. The van der Waals surface area contributed by atoms with Gasteiger partial charge in [-0.3, -0.25) is 4.98 Å². The molecule has 3 aromatic rings. The van der Waals surface area contributed by atoms with Gasteiger partial charge in [0.25, 0.3) is 0 Å². The van der Waals surface area contributed by atoms with E-state index >= 15 is 0 Å². The maximum atomic E-state index is 10.5. The first-order valence-electron chi connectivity index (χ1n) is 7.41. The Morgan fingerprint density at radius 3 is 3.00 bits per heavy atom. The number of hydrogen-bond acceptors (Lipinski definition) is 3. The molecule has 0 radical (unpaired) electrons. The number of hydrogen-bond donors (Lipinski definition) is 1. The van der Waals surface area contributed by atoms with Crippen molar-refractivity contribution in [3.63, 3.8) is 0 Å². The lowest BCUT2D eigenvalue weighted by molar-refractivity contribution is 0.178. The normalized spacial score (nSPS) is 15.3. The standard InChI is InChI=1S/C18H17NOS/c20-17(15-10-18-16(19-11-15)6-7-21-18)9-12-4-5-13-2-1-3-14(13)8-12/h4-8,10-11,17,20H,1-3,9H2. The van der Waals surface area contributed by atoms with Crippen LogP contribution >= 0.6 is 11.3 Å². The van der Waals surface area contributed by atoms with Crippen LogP contribution in [-0.2, 0) is 19.3 Å². The molecule has 1 N–H and O–H groups in total. The first-order chi connectivity index (χ1) is 10.3. The molecule has 4 rings (SSSR count). The first-order valence-corrected chi connectivity index (χ1v) is 8.29. The third kappa shape index (κ3) is 2.47. The van der Waals surface area contributed by atoms with Gasteiger partial charge in [-0.05, 0) is 53.5 Å². The fraction of sp³-hybridized carbons (Fsp3) is 0.278. The zero-order chi connectivity index (χ0) is 14.2. The number of nitrogens with zero attached hydrogens (tertiary/aromatic N) is 1. The summed E-state index contributed by atoms with van der Waals surface area (Å²) in [6, 6.07) is 10.7. The largest absolute Gasteiger partial charge is 0.388 e. The molecule has 0 fully saturated rings. The maximum Gasteiger partial charge on any atom is 0.0845 e. The topological polar surface area (TPSA) is 33.1 Å². The maximum absolute atomic E-state index is 10.5. The zero-order valence-electron chi connectivity index (χ0n) is 11.7. The highest BCUT2D eigenvalue weighted by Gasteiger charge is 2.14. The van der Waals surface area contributed by atoms with Crippen LogP contribution in [0, 0.1) is 0 Å². The Bertz CT molecular complexity index is 793. The number of aliphatic hydroxyl groups is 1. The molecular formula is C18H17NOS. The van der Waals surface area contributed by atoms with Crippen LogP contribution < -0.4 is 0 Å². The monoisotopic (exact) mass is 295 g/mol. The van der Waals surface area contributed by atoms with Crippen molar-refractivity contribution in [2.45, 2.75) is 31.8 Å². The highest BCUT2D eigenvalue weighted by atomic mass is 32.1. The summed E-state index contributed by atoms with van der Waals surface area (Å²) in [6.07, 6.45) is 5.63. The van der Waals surface area contributed by atoms with Crippen molar-refractivity contribution in [3.8, 4) is 0 Å². The number of thiophene rings is 1. The molecule has 2 heterocycles. The number of aromatic nitrogens is 1. The summed E-state index contributed by atoms with van der Waals surface area (Å²) in [5.41, 5.74) is 6.08. The van der Waals surface area contributed by atoms with Gasteiger partial charge in [0.1, 0.15) is 0 Å². The van der Waals surface area contributed by atoms with E-state index in [1.165, 1.54) is 36.0 Å². The first kappa shape index (κ1) is 13.0. The van der Waals surface area contributed by atoms with E-state index in [-0.39, 0.29) is 0 Å². The fourth-order valence-electron chi connectivity index (χ4n) is 3.14. The van der Waals surface area contributed by atoms with Gasteiger partial charge in [0, 0.05) is 18.2 Å². The van der Waals surface area contributed by atoms with Crippen LogP contribution in [0.25, 0.3) is 10.2 Å². The molecule has 1 unspecified atom stereocenters. The van der Waals surface area contributed by atoms with Gasteiger partial charge in [-0.1, -0.05) is 18.2 Å². The summed E-state index contributed by atoms with van der Waals surface area (Å²) in [4.78, 5) is 4.41. The quantitative estimate of drug-likeness (QED) is 0.790. The Morgan fingerprint density at radius 2 is 2.05 bits per heavy atom. The van der Waals surface area contributed by atoms with E-state index in [9.17, 15) is 5.11 Å². The van der Waals surface area contributed by atoms with Gasteiger partial charge in [-0.15, -0.1) is 11.3 Å². The van der Waals surface area contributed by atoms with Crippen LogP contribution in [0.5, 0.6) is 0 Å². The molecule has 0 saturated heterocycles. The van der Waals surface area contributed by atoms with Gasteiger partial charge >= 0.3 is 0 Å². The van der Waals surface area contributed by atoms with E-state index < -0.39 is 6.10 Å². The molecule has 1 aromatic carbocycles. The van der Waals surface area contributed by atoms with Gasteiger partial charge in [0.05, 0.1) is 16.3 Å². The molecular weight excluding hydrogens is 278 g/mol. The van der Waals surface area contributed by atoms with Gasteiger partial charge in [-0.2, -0.15) is 0 Å². The lowest BCUT2D eigenvalue weighted by Gasteiger charge is -2.12. The molecule has 2 nitrogen and oxygen atoms in total. The van der Waals surface area contributed by atoms with E-state index in [2.05, 4.69) is 29.2 Å². The van der Waals surface area contributed by atoms with Crippen LogP contribution in [0.2, 0.25) is 0 Å². The predicted octanol–water partition coefficient (Wildman–Crippen LogP) is 4.06. The van der Waals surface area contributed by atoms with Crippen molar-refractivity contribution in [1.82, 2.24) is 4.98 Å². The number of fused-ring (bicyclic) bond motifs is 2. The average molecular weight is 295 g/mol. The number of pyridine rings is 1. The summed E-state index contributed by atoms with van der Waals surface area (Å²) < 4.78 is 1.14. The molecule has 21 heavy (non-hydrogen) atoms. The van der Waals surface area contributed by atoms with Crippen molar-refractivity contribution >= 4 is 21.6 Å². The Balaban J connectivity index is 1.58. The molecule has 106 valence electrons. The molecule has 0 spiro atoms. The van der Waals surface area contributed by atoms with Gasteiger partial charge < -0.3 is 5.11 Å². The van der Waals surface area contributed by atoms with Crippen LogP contribution in [0.4, 0.5) is 0 Å². The van der Waals surface area contributed by atoms with Crippen molar-refractivity contribution in [2.24, 2.45) is 0 Å². The number of rotatable bonds is 3. The average Bonchev–Trinajstić information content (AvgIpc) is 3.14. The number of benzene rings is 1. The Hall–Kier alpha value is -1.71. The second-order valence-corrected chi connectivity index (χ2v) is 6.70. The minimum Gasteiger partial charge on any atom is -0.388 e. The zero-order valence-corrected chi connectivity index (χ0v) is 12.6. The van der Waals surface area contributed by atoms with Gasteiger partial charge in [0.15, 0.2) is 0 Å². The summed E-state index contributed by atoms with van der Waals surface area (Å²) in [6.45, 7) is 0. The van der Waals surface area contributed by atoms with E-state index in [4.69, 9.17) is 0 Å². The minimum absolute atomic E-state index is 0.483. The number of aryl methyl sites for hydroxylation is 2. The van der Waals surface area contributed by atoms with Gasteiger partial charge in [-0.25, -0.2) is 0 Å².